The van der Waals surface area contributed by atoms with Crippen molar-refractivity contribution < 1.29 is 9.18 Å². The minimum atomic E-state index is -0.188. The van der Waals surface area contributed by atoms with E-state index in [1.165, 1.54) is 18.4 Å². The topological polar surface area (TPSA) is 56.7 Å². The molecule has 162 valence electrons. The zero-order valence-electron chi connectivity index (χ0n) is 17.4. The summed E-state index contributed by atoms with van der Waals surface area (Å²) in [4.78, 5) is 18.5. The molecule has 1 aromatic carbocycles. The summed E-state index contributed by atoms with van der Waals surface area (Å²) in [6.07, 6.45) is 7.18. The van der Waals surface area contributed by atoms with Gasteiger partial charge >= 0.3 is 0 Å². The van der Waals surface area contributed by atoms with Gasteiger partial charge in [-0.3, -0.25) is 9.79 Å². The van der Waals surface area contributed by atoms with Crippen molar-refractivity contribution in [3.63, 3.8) is 0 Å². The second kappa shape index (κ2) is 11.7. The summed E-state index contributed by atoms with van der Waals surface area (Å²) in [6, 6.07) is 6.96. The van der Waals surface area contributed by atoms with Crippen LogP contribution < -0.4 is 10.6 Å². The molecule has 1 aliphatic carbocycles. The number of nitrogens with one attached hydrogen (secondary N) is 2. The highest BCUT2D eigenvalue weighted by Crippen LogP contribution is 2.41. The Labute approximate surface area is 190 Å². The minimum absolute atomic E-state index is 0. The van der Waals surface area contributed by atoms with Crippen LogP contribution in [0.15, 0.2) is 29.3 Å². The van der Waals surface area contributed by atoms with Gasteiger partial charge in [0.2, 0.25) is 5.91 Å². The molecule has 0 bridgehead atoms. The average molecular weight is 516 g/mol. The number of hydrogen-bond acceptors (Lipinski definition) is 2. The molecule has 1 saturated carbocycles. The van der Waals surface area contributed by atoms with Gasteiger partial charge in [0.05, 0.1) is 6.54 Å². The molecule has 1 aliphatic heterocycles. The Morgan fingerprint density at radius 3 is 2.52 bits per heavy atom. The maximum atomic E-state index is 13.3. The van der Waals surface area contributed by atoms with E-state index in [0.717, 1.165) is 57.8 Å². The highest BCUT2D eigenvalue weighted by molar-refractivity contribution is 14.0. The number of carbonyl (C=O) groups is 1. The lowest BCUT2D eigenvalue weighted by Crippen LogP contribution is -2.40. The van der Waals surface area contributed by atoms with E-state index in [2.05, 4.69) is 17.6 Å². The van der Waals surface area contributed by atoms with Crippen LogP contribution in [0.25, 0.3) is 0 Å². The van der Waals surface area contributed by atoms with Crippen molar-refractivity contribution in [1.29, 1.82) is 0 Å². The van der Waals surface area contributed by atoms with Gasteiger partial charge in [-0.05, 0) is 50.3 Å². The summed E-state index contributed by atoms with van der Waals surface area (Å²) in [5.41, 5.74) is 1.21. The van der Waals surface area contributed by atoms with Crippen LogP contribution in [0.4, 0.5) is 4.39 Å². The maximum absolute atomic E-state index is 13.3. The second-order valence-electron chi connectivity index (χ2n) is 7.95. The molecule has 2 aliphatic rings. The van der Waals surface area contributed by atoms with Gasteiger partial charge in [0, 0.05) is 38.0 Å². The third-order valence-electron chi connectivity index (χ3n) is 5.97. The Morgan fingerprint density at radius 2 is 1.90 bits per heavy atom. The van der Waals surface area contributed by atoms with E-state index in [1.807, 2.05) is 17.0 Å². The predicted molar refractivity (Wildman–Crippen MR) is 126 cm³/mol. The van der Waals surface area contributed by atoms with Crippen molar-refractivity contribution in [3.05, 3.63) is 35.6 Å². The summed E-state index contributed by atoms with van der Waals surface area (Å²) < 4.78 is 13.3. The van der Waals surface area contributed by atoms with E-state index in [4.69, 9.17) is 4.99 Å². The van der Waals surface area contributed by atoms with Gasteiger partial charge in [-0.1, -0.05) is 25.0 Å². The number of amides is 1. The first-order valence-corrected chi connectivity index (χ1v) is 10.7. The molecule has 2 N–H and O–H groups in total. The Morgan fingerprint density at radius 1 is 1.17 bits per heavy atom. The lowest BCUT2D eigenvalue weighted by molar-refractivity contribution is -0.127. The fourth-order valence-electron chi connectivity index (χ4n) is 4.38. The van der Waals surface area contributed by atoms with Crippen molar-refractivity contribution in [2.75, 3.05) is 32.7 Å². The third kappa shape index (κ3) is 6.55. The van der Waals surface area contributed by atoms with Crippen LogP contribution in [0.3, 0.4) is 0 Å². The normalized spacial score (nSPS) is 18.6. The third-order valence-corrected chi connectivity index (χ3v) is 5.97. The Hall–Kier alpha value is -1.38. The molecule has 1 amide bonds. The van der Waals surface area contributed by atoms with Crippen molar-refractivity contribution >= 4 is 35.8 Å². The zero-order valence-corrected chi connectivity index (χ0v) is 19.7. The van der Waals surface area contributed by atoms with Crippen LogP contribution in [-0.4, -0.2) is 49.5 Å². The van der Waals surface area contributed by atoms with E-state index in [-0.39, 0.29) is 41.1 Å². The first-order chi connectivity index (χ1) is 13.6. The van der Waals surface area contributed by atoms with Crippen LogP contribution in [-0.2, 0) is 10.2 Å². The largest absolute Gasteiger partial charge is 0.357 e. The molecule has 3 rings (SSSR count). The highest BCUT2D eigenvalue weighted by Gasteiger charge is 2.35. The van der Waals surface area contributed by atoms with Crippen LogP contribution in [0.5, 0.6) is 0 Å². The van der Waals surface area contributed by atoms with E-state index >= 15 is 0 Å². The summed E-state index contributed by atoms with van der Waals surface area (Å²) in [5, 5.41) is 6.72. The van der Waals surface area contributed by atoms with Gasteiger partial charge in [-0.15, -0.1) is 24.0 Å². The fraction of sp³-hybridized carbons (Fsp3) is 0.636. The molecule has 5 nitrogen and oxygen atoms in total. The number of carbonyl (C=O) groups excluding carboxylic acids is 1. The number of aliphatic imine (C=N–C) groups is 1. The van der Waals surface area contributed by atoms with Crippen LogP contribution in [0, 0.1) is 5.82 Å². The van der Waals surface area contributed by atoms with Gasteiger partial charge in [-0.25, -0.2) is 4.39 Å². The number of guanidine groups is 1. The molecule has 2 fully saturated rings. The predicted octanol–water partition coefficient (Wildman–Crippen LogP) is 3.82. The van der Waals surface area contributed by atoms with E-state index in [1.54, 1.807) is 12.1 Å². The van der Waals surface area contributed by atoms with Gasteiger partial charge in [0.1, 0.15) is 5.82 Å². The van der Waals surface area contributed by atoms with Crippen molar-refractivity contribution in [1.82, 2.24) is 15.5 Å². The number of nitrogens with zero attached hydrogens (tertiary/aromatic N) is 2. The Balaban J connectivity index is 0.00000300. The Kier molecular flexibility index (Phi) is 9.65. The molecule has 1 saturated heterocycles. The second-order valence-corrected chi connectivity index (χ2v) is 7.95. The first kappa shape index (κ1) is 23.9. The summed E-state index contributed by atoms with van der Waals surface area (Å²) in [5.74, 6) is 0.915. The first-order valence-electron chi connectivity index (χ1n) is 10.7. The van der Waals surface area contributed by atoms with Gasteiger partial charge in [0.25, 0.3) is 0 Å². The molecule has 0 radical (unpaired) electrons. The van der Waals surface area contributed by atoms with Crippen molar-refractivity contribution in [3.8, 4) is 0 Å². The standard InChI is InChI=1S/C22H33FN4O.HI/c1-2-24-21(25-14-6-16-27-15-5-7-20(27)28)26-17-22(12-3-4-13-22)18-8-10-19(23)11-9-18;/h8-11H,2-7,12-17H2,1H3,(H2,24,25,26);1H. The highest BCUT2D eigenvalue weighted by atomic mass is 127. The SMILES string of the molecule is CCNC(=NCC1(c2ccc(F)cc2)CCCC1)NCCCN1CCCC1=O.I. The van der Waals surface area contributed by atoms with E-state index < -0.39 is 0 Å². The smallest absolute Gasteiger partial charge is 0.222 e. The quantitative estimate of drug-likeness (QED) is 0.239. The molecule has 0 unspecified atom stereocenters. The molecule has 1 heterocycles. The van der Waals surface area contributed by atoms with Gasteiger partial charge in [-0.2, -0.15) is 0 Å². The van der Waals surface area contributed by atoms with Crippen LogP contribution in [0.1, 0.15) is 57.4 Å². The molecule has 0 spiro atoms. The number of benzene rings is 1. The fourth-order valence-corrected chi connectivity index (χ4v) is 4.38. The van der Waals surface area contributed by atoms with Gasteiger partial charge < -0.3 is 15.5 Å². The summed E-state index contributed by atoms with van der Waals surface area (Å²) in [6.45, 7) is 6.07. The number of halogens is 2. The molecule has 0 atom stereocenters. The van der Waals surface area contributed by atoms with E-state index in [0.29, 0.717) is 13.0 Å². The van der Waals surface area contributed by atoms with Crippen molar-refractivity contribution in [2.24, 2.45) is 4.99 Å². The lowest BCUT2D eigenvalue weighted by Gasteiger charge is -2.28. The van der Waals surface area contributed by atoms with Crippen LogP contribution in [0.2, 0.25) is 0 Å². The summed E-state index contributed by atoms with van der Waals surface area (Å²) >= 11 is 0. The van der Waals surface area contributed by atoms with Crippen LogP contribution >= 0.6 is 24.0 Å². The number of hydrogen-bond donors (Lipinski definition) is 2. The number of likely N-dealkylation sites (tertiary alicyclic amines) is 1. The molecule has 29 heavy (non-hydrogen) atoms. The van der Waals surface area contributed by atoms with Gasteiger partial charge in [0.15, 0.2) is 5.96 Å². The molecular weight excluding hydrogens is 482 g/mol. The molecule has 1 aromatic rings. The van der Waals surface area contributed by atoms with Crippen molar-refractivity contribution in [2.45, 2.75) is 57.3 Å². The molecule has 7 heteroatoms. The maximum Gasteiger partial charge on any atom is 0.222 e. The minimum Gasteiger partial charge on any atom is -0.357 e. The number of rotatable bonds is 8. The molecular formula is C22H34FIN4O. The lowest BCUT2D eigenvalue weighted by atomic mass is 9.79. The summed E-state index contributed by atoms with van der Waals surface area (Å²) in [7, 11) is 0. The monoisotopic (exact) mass is 516 g/mol. The van der Waals surface area contributed by atoms with E-state index in [9.17, 15) is 9.18 Å². The zero-order chi connectivity index (χ0) is 19.8. The molecule has 0 aromatic heterocycles. The average Bonchev–Trinajstić information content (AvgIpc) is 3.33. The Bertz CT molecular complexity index is 674.